The molecule has 0 aromatic heterocycles. The summed E-state index contributed by atoms with van der Waals surface area (Å²) in [6.45, 7) is 6.65. The molecule has 0 rings (SSSR count). The molecule has 6 nitrogen and oxygen atoms in total. The summed E-state index contributed by atoms with van der Waals surface area (Å²) in [7, 11) is 0. The second-order valence-electron chi connectivity index (χ2n) is 21.0. The maximum absolute atomic E-state index is 12.8. The molecule has 1 unspecified atom stereocenters. The van der Waals surface area contributed by atoms with Crippen molar-refractivity contribution in [3.05, 3.63) is 24.3 Å². The van der Waals surface area contributed by atoms with Gasteiger partial charge in [-0.25, -0.2) is 0 Å². The van der Waals surface area contributed by atoms with Crippen LogP contribution in [0.2, 0.25) is 0 Å². The molecule has 0 fully saturated rings. The van der Waals surface area contributed by atoms with E-state index in [0.717, 1.165) is 64.2 Å². The average Bonchev–Trinajstić information content (AvgIpc) is 3.35. The molecule has 1 atom stereocenters. The zero-order valence-corrected chi connectivity index (χ0v) is 46.6. The monoisotopic (exact) mass is 971 g/mol. The normalized spacial score (nSPS) is 12.1. The second kappa shape index (κ2) is 58.5. The Bertz CT molecular complexity index is 1110. The van der Waals surface area contributed by atoms with E-state index in [4.69, 9.17) is 14.2 Å². The highest BCUT2D eigenvalue weighted by Crippen LogP contribution is 2.17. The number of hydrogen-bond acceptors (Lipinski definition) is 6. The number of unbranched alkanes of at least 4 members (excludes halogenated alkanes) is 42. The Morgan fingerprint density at radius 1 is 0.290 bits per heavy atom. The van der Waals surface area contributed by atoms with Gasteiger partial charge in [-0.05, 0) is 51.4 Å². The molecular formula is C63H118O6. The summed E-state index contributed by atoms with van der Waals surface area (Å²) < 4.78 is 16.8. The van der Waals surface area contributed by atoms with Crippen molar-refractivity contribution in [1.29, 1.82) is 0 Å². The Balaban J connectivity index is 4.08. The Hall–Kier alpha value is -2.11. The summed E-state index contributed by atoms with van der Waals surface area (Å²) in [5.74, 6) is -0.847. The lowest BCUT2D eigenvalue weighted by molar-refractivity contribution is -0.167. The van der Waals surface area contributed by atoms with Crippen molar-refractivity contribution in [3.63, 3.8) is 0 Å². The lowest BCUT2D eigenvalue weighted by Crippen LogP contribution is -2.30. The molecular weight excluding hydrogens is 853 g/mol. The summed E-state index contributed by atoms with van der Waals surface area (Å²) in [4.78, 5) is 38.0. The van der Waals surface area contributed by atoms with Gasteiger partial charge in [0.1, 0.15) is 13.2 Å². The molecule has 0 radical (unpaired) electrons. The Morgan fingerprint density at radius 3 is 0.797 bits per heavy atom. The van der Waals surface area contributed by atoms with Gasteiger partial charge in [-0.1, -0.05) is 295 Å². The fraction of sp³-hybridized carbons (Fsp3) is 0.889. The van der Waals surface area contributed by atoms with Crippen LogP contribution in [0.1, 0.15) is 342 Å². The number of ether oxygens (including phenoxy) is 3. The third kappa shape index (κ3) is 56.7. The molecule has 0 bridgehead atoms. The number of rotatable bonds is 57. The molecule has 0 aliphatic heterocycles. The number of hydrogen-bond donors (Lipinski definition) is 0. The van der Waals surface area contributed by atoms with Crippen molar-refractivity contribution < 1.29 is 28.6 Å². The van der Waals surface area contributed by atoms with Gasteiger partial charge >= 0.3 is 17.9 Å². The summed E-state index contributed by atoms with van der Waals surface area (Å²) >= 11 is 0. The van der Waals surface area contributed by atoms with Gasteiger partial charge in [0.2, 0.25) is 0 Å². The Labute approximate surface area is 430 Å². The number of carbonyl (C=O) groups excluding carboxylic acids is 3. The van der Waals surface area contributed by atoms with Crippen molar-refractivity contribution in [2.45, 2.75) is 348 Å². The zero-order valence-electron chi connectivity index (χ0n) is 46.6. The average molecular weight is 972 g/mol. The van der Waals surface area contributed by atoms with Crippen LogP contribution >= 0.6 is 0 Å². The summed E-state index contributed by atoms with van der Waals surface area (Å²) in [6, 6.07) is 0. The molecule has 0 aliphatic carbocycles. The van der Waals surface area contributed by atoms with E-state index in [9.17, 15) is 14.4 Å². The molecule has 69 heavy (non-hydrogen) atoms. The predicted molar refractivity (Wildman–Crippen MR) is 298 cm³/mol. The molecule has 6 heteroatoms. The molecule has 0 heterocycles. The van der Waals surface area contributed by atoms with Gasteiger partial charge in [-0.3, -0.25) is 14.4 Å². The highest BCUT2D eigenvalue weighted by atomic mass is 16.6. The van der Waals surface area contributed by atoms with Gasteiger partial charge in [0, 0.05) is 19.3 Å². The first-order valence-electron chi connectivity index (χ1n) is 30.8. The van der Waals surface area contributed by atoms with Crippen LogP contribution in [-0.4, -0.2) is 37.2 Å². The number of esters is 3. The minimum Gasteiger partial charge on any atom is -0.462 e. The second-order valence-corrected chi connectivity index (χ2v) is 21.0. The molecule has 0 aliphatic rings. The van der Waals surface area contributed by atoms with E-state index in [2.05, 4.69) is 45.1 Å². The minimum atomic E-state index is -0.764. The van der Waals surface area contributed by atoms with Crippen LogP contribution in [0.3, 0.4) is 0 Å². The Morgan fingerprint density at radius 2 is 0.522 bits per heavy atom. The molecule has 0 N–H and O–H groups in total. The van der Waals surface area contributed by atoms with Crippen molar-refractivity contribution in [2.24, 2.45) is 0 Å². The molecule has 0 spiro atoms. The summed E-state index contributed by atoms with van der Waals surface area (Å²) in [5, 5.41) is 0. The van der Waals surface area contributed by atoms with E-state index in [-0.39, 0.29) is 31.1 Å². The van der Waals surface area contributed by atoms with E-state index in [1.165, 1.54) is 238 Å². The van der Waals surface area contributed by atoms with Crippen molar-refractivity contribution in [3.8, 4) is 0 Å². The van der Waals surface area contributed by atoms with E-state index >= 15 is 0 Å². The first-order chi connectivity index (χ1) is 34.0. The van der Waals surface area contributed by atoms with Crippen LogP contribution in [0.5, 0.6) is 0 Å². The van der Waals surface area contributed by atoms with E-state index in [0.29, 0.717) is 19.3 Å². The van der Waals surface area contributed by atoms with Gasteiger partial charge in [-0.2, -0.15) is 0 Å². The highest BCUT2D eigenvalue weighted by molar-refractivity contribution is 5.71. The maximum atomic E-state index is 12.8. The molecule has 0 aromatic rings. The maximum Gasteiger partial charge on any atom is 0.306 e. The first kappa shape index (κ1) is 66.9. The van der Waals surface area contributed by atoms with Crippen LogP contribution < -0.4 is 0 Å². The third-order valence-corrected chi connectivity index (χ3v) is 14.0. The van der Waals surface area contributed by atoms with Crippen LogP contribution in [0.4, 0.5) is 0 Å². The van der Waals surface area contributed by atoms with Gasteiger partial charge in [0.05, 0.1) is 0 Å². The van der Waals surface area contributed by atoms with Gasteiger partial charge in [0.15, 0.2) is 6.10 Å². The quantitative estimate of drug-likeness (QED) is 0.0261. The van der Waals surface area contributed by atoms with Crippen LogP contribution in [0, 0.1) is 0 Å². The standard InChI is InChI=1S/C63H118O6/c1-4-7-10-13-16-19-21-23-25-27-28-29-30-31-32-33-34-35-36-37-39-40-42-44-47-50-53-56-62(65)68-59-60(58-67-61(64)55-52-49-46-18-15-12-9-6-3)69-63(66)57-54-51-48-45-43-41-38-26-24-22-20-17-14-11-8-5-2/h21,23,27-28,60H,4-20,22,24-26,29-59H2,1-3H3/b23-21-,28-27-. The molecule has 0 saturated heterocycles. The number of allylic oxidation sites excluding steroid dienone is 4. The summed E-state index contributed by atoms with van der Waals surface area (Å²) in [6.07, 6.45) is 69.1. The van der Waals surface area contributed by atoms with Crippen LogP contribution in [-0.2, 0) is 28.6 Å². The fourth-order valence-corrected chi connectivity index (χ4v) is 9.30. The molecule has 0 amide bonds. The van der Waals surface area contributed by atoms with Crippen LogP contribution in [0.25, 0.3) is 0 Å². The number of carbonyl (C=O) groups is 3. The van der Waals surface area contributed by atoms with E-state index in [1.807, 2.05) is 0 Å². The van der Waals surface area contributed by atoms with Gasteiger partial charge < -0.3 is 14.2 Å². The van der Waals surface area contributed by atoms with Gasteiger partial charge in [-0.15, -0.1) is 0 Å². The SMILES string of the molecule is CCCCCCC/C=C\C/C=C\CCCCCCCCCCCCCCCCCC(=O)OCC(COC(=O)CCCCCCCCCC)OC(=O)CCCCCCCCCCCCCCCCCC. The van der Waals surface area contributed by atoms with Crippen molar-refractivity contribution in [1.82, 2.24) is 0 Å². The highest BCUT2D eigenvalue weighted by Gasteiger charge is 2.19. The van der Waals surface area contributed by atoms with Crippen molar-refractivity contribution in [2.75, 3.05) is 13.2 Å². The van der Waals surface area contributed by atoms with E-state index in [1.54, 1.807) is 0 Å². The lowest BCUT2D eigenvalue weighted by atomic mass is 10.0. The molecule has 0 saturated carbocycles. The molecule has 406 valence electrons. The smallest absolute Gasteiger partial charge is 0.306 e. The lowest BCUT2D eigenvalue weighted by Gasteiger charge is -2.18. The summed E-state index contributed by atoms with van der Waals surface area (Å²) in [5.41, 5.74) is 0. The fourth-order valence-electron chi connectivity index (χ4n) is 9.30. The largest absolute Gasteiger partial charge is 0.462 e. The molecule has 0 aromatic carbocycles. The predicted octanol–water partition coefficient (Wildman–Crippen LogP) is 20.7. The topological polar surface area (TPSA) is 78.9 Å². The zero-order chi connectivity index (χ0) is 50.0. The van der Waals surface area contributed by atoms with Crippen molar-refractivity contribution >= 4 is 17.9 Å². The van der Waals surface area contributed by atoms with Crippen LogP contribution in [0.15, 0.2) is 24.3 Å². The minimum absolute atomic E-state index is 0.0653. The third-order valence-electron chi connectivity index (χ3n) is 14.0. The van der Waals surface area contributed by atoms with Gasteiger partial charge in [0.25, 0.3) is 0 Å². The van der Waals surface area contributed by atoms with E-state index < -0.39 is 6.10 Å². The Kier molecular flexibility index (Phi) is 56.7. The first-order valence-corrected chi connectivity index (χ1v) is 30.8.